The number of benzene rings is 1. The van der Waals surface area contributed by atoms with Crippen LogP contribution < -0.4 is 9.47 Å². The lowest BCUT2D eigenvalue weighted by Gasteiger charge is -2.18. The molecule has 1 saturated carbocycles. The van der Waals surface area contributed by atoms with Gasteiger partial charge in [-0.3, -0.25) is 0 Å². The third-order valence-corrected chi connectivity index (χ3v) is 4.11. The zero-order valence-corrected chi connectivity index (χ0v) is 11.6. The van der Waals surface area contributed by atoms with Gasteiger partial charge in [0.25, 0.3) is 0 Å². The van der Waals surface area contributed by atoms with E-state index >= 15 is 0 Å². The van der Waals surface area contributed by atoms with Gasteiger partial charge in [0.05, 0.1) is 25.7 Å². The summed E-state index contributed by atoms with van der Waals surface area (Å²) >= 11 is 0. The number of nitrogens with zero attached hydrogens (tertiary/aromatic N) is 1. The number of hydrogen-bond acceptors (Lipinski definition) is 3. The Morgan fingerprint density at radius 2 is 1.72 bits per heavy atom. The van der Waals surface area contributed by atoms with E-state index in [0.29, 0.717) is 0 Å². The molecule has 3 nitrogen and oxygen atoms in total. The molecule has 1 unspecified atom stereocenters. The highest BCUT2D eigenvalue weighted by Gasteiger charge is 2.64. The van der Waals surface area contributed by atoms with Crippen molar-refractivity contribution in [2.24, 2.45) is 5.41 Å². The van der Waals surface area contributed by atoms with Gasteiger partial charge in [0.15, 0.2) is 0 Å². The molecule has 1 aliphatic carbocycles. The first-order valence-electron chi connectivity index (χ1n) is 6.06. The van der Waals surface area contributed by atoms with Crippen molar-refractivity contribution in [3.63, 3.8) is 0 Å². The maximum absolute atomic E-state index is 9.55. The van der Waals surface area contributed by atoms with Crippen molar-refractivity contribution < 1.29 is 9.47 Å². The highest BCUT2D eigenvalue weighted by Crippen LogP contribution is 2.65. The van der Waals surface area contributed by atoms with Crippen molar-refractivity contribution in [2.75, 3.05) is 14.2 Å². The summed E-state index contributed by atoms with van der Waals surface area (Å²) in [5.41, 5.74) is 1.51. The Hall–Kier alpha value is -1.69. The molecule has 0 N–H and O–H groups in total. The van der Waals surface area contributed by atoms with Crippen molar-refractivity contribution >= 4 is 0 Å². The first-order valence-corrected chi connectivity index (χ1v) is 6.06. The highest BCUT2D eigenvalue weighted by atomic mass is 16.5. The fourth-order valence-corrected chi connectivity index (χ4v) is 2.71. The normalized spacial score (nSPS) is 24.2. The third-order valence-electron chi connectivity index (χ3n) is 4.11. The average Bonchev–Trinajstić information content (AvgIpc) is 2.92. The Labute approximate surface area is 108 Å². The molecule has 0 heterocycles. The highest BCUT2D eigenvalue weighted by molar-refractivity contribution is 5.56. The van der Waals surface area contributed by atoms with E-state index in [1.54, 1.807) is 14.2 Å². The number of nitriles is 1. The second-order valence-corrected chi connectivity index (χ2v) is 5.60. The summed E-state index contributed by atoms with van der Waals surface area (Å²) in [4.78, 5) is 0. The van der Waals surface area contributed by atoms with E-state index in [0.717, 1.165) is 29.0 Å². The molecule has 1 aliphatic rings. The Balaban J connectivity index is 2.61. The van der Waals surface area contributed by atoms with Crippen molar-refractivity contribution in [1.82, 2.24) is 0 Å². The minimum atomic E-state index is -0.445. The molecule has 96 valence electrons. The summed E-state index contributed by atoms with van der Waals surface area (Å²) in [6.07, 6.45) is 0.860. The standard InChI is InChI=1S/C15H19NO2/c1-10-6-13(18-5)11(7-12(10)17-4)15(9-16)8-14(15,2)3/h6-7H,8H2,1-5H3. The zero-order chi connectivity index (χ0) is 13.6. The number of rotatable bonds is 3. The van der Waals surface area contributed by atoms with Crippen LogP contribution in [0.4, 0.5) is 0 Å². The van der Waals surface area contributed by atoms with Crippen LogP contribution in [0.5, 0.6) is 11.5 Å². The van der Waals surface area contributed by atoms with Gasteiger partial charge in [0, 0.05) is 5.56 Å². The first-order chi connectivity index (χ1) is 8.41. The molecule has 1 aromatic carbocycles. The smallest absolute Gasteiger partial charge is 0.124 e. The van der Waals surface area contributed by atoms with Crippen LogP contribution in [0.1, 0.15) is 31.4 Å². The van der Waals surface area contributed by atoms with E-state index in [-0.39, 0.29) is 5.41 Å². The SMILES string of the molecule is COc1cc(C2(C#N)CC2(C)C)c(OC)cc1C. The van der Waals surface area contributed by atoms with E-state index in [1.807, 2.05) is 19.1 Å². The molecule has 2 rings (SSSR count). The average molecular weight is 245 g/mol. The maximum atomic E-state index is 9.55. The molecule has 0 bridgehead atoms. The molecule has 0 amide bonds. The lowest BCUT2D eigenvalue weighted by molar-refractivity contribution is 0.391. The topological polar surface area (TPSA) is 42.2 Å². The third kappa shape index (κ3) is 1.56. The van der Waals surface area contributed by atoms with Gasteiger partial charge in [0.2, 0.25) is 0 Å². The van der Waals surface area contributed by atoms with Gasteiger partial charge in [-0.15, -0.1) is 0 Å². The van der Waals surface area contributed by atoms with E-state index in [1.165, 1.54) is 0 Å². The van der Waals surface area contributed by atoms with Crippen LogP contribution in [0, 0.1) is 23.7 Å². The molecule has 0 saturated heterocycles. The molecule has 0 aromatic heterocycles. The predicted molar refractivity (Wildman–Crippen MR) is 70.0 cm³/mol. The summed E-state index contributed by atoms with van der Waals surface area (Å²) in [6, 6.07) is 6.37. The van der Waals surface area contributed by atoms with Crippen molar-refractivity contribution in [3.8, 4) is 17.6 Å². The van der Waals surface area contributed by atoms with Gasteiger partial charge < -0.3 is 9.47 Å². The molecule has 0 radical (unpaired) electrons. The monoisotopic (exact) mass is 245 g/mol. The summed E-state index contributed by atoms with van der Waals surface area (Å²) in [5.74, 6) is 1.59. The molecule has 18 heavy (non-hydrogen) atoms. The molecule has 1 atom stereocenters. The van der Waals surface area contributed by atoms with Gasteiger partial charge in [-0.2, -0.15) is 5.26 Å². The van der Waals surface area contributed by atoms with Crippen LogP contribution in [-0.2, 0) is 5.41 Å². The Bertz CT molecular complexity index is 528. The van der Waals surface area contributed by atoms with Crippen LogP contribution in [0.3, 0.4) is 0 Å². The van der Waals surface area contributed by atoms with Crippen LogP contribution in [-0.4, -0.2) is 14.2 Å². The molecule has 1 aromatic rings. The van der Waals surface area contributed by atoms with Gasteiger partial charge in [-0.1, -0.05) is 13.8 Å². The summed E-state index contributed by atoms with van der Waals surface area (Å²) < 4.78 is 10.8. The molecular formula is C15H19NO2. The predicted octanol–water partition coefficient (Wildman–Crippen LogP) is 3.20. The van der Waals surface area contributed by atoms with E-state index in [4.69, 9.17) is 9.47 Å². The lowest BCUT2D eigenvalue weighted by Crippen LogP contribution is -2.13. The van der Waals surface area contributed by atoms with Crippen LogP contribution >= 0.6 is 0 Å². The summed E-state index contributed by atoms with van der Waals surface area (Å²) in [7, 11) is 3.29. The maximum Gasteiger partial charge on any atom is 0.124 e. The van der Waals surface area contributed by atoms with Gasteiger partial charge >= 0.3 is 0 Å². The second kappa shape index (κ2) is 3.91. The molecule has 1 fully saturated rings. The molecule has 0 spiro atoms. The quantitative estimate of drug-likeness (QED) is 0.821. The number of methoxy groups -OCH3 is 2. The van der Waals surface area contributed by atoms with E-state index in [9.17, 15) is 5.26 Å². The minimum Gasteiger partial charge on any atom is -0.496 e. The van der Waals surface area contributed by atoms with Crippen LogP contribution in [0.25, 0.3) is 0 Å². The Morgan fingerprint density at radius 3 is 2.11 bits per heavy atom. The molecule has 0 aliphatic heterocycles. The van der Waals surface area contributed by atoms with Gasteiger partial charge in [-0.05, 0) is 36.5 Å². The zero-order valence-electron chi connectivity index (χ0n) is 11.6. The van der Waals surface area contributed by atoms with E-state index in [2.05, 4.69) is 19.9 Å². The summed E-state index contributed by atoms with van der Waals surface area (Å²) in [6.45, 7) is 6.20. The van der Waals surface area contributed by atoms with Crippen molar-refractivity contribution in [1.29, 1.82) is 5.26 Å². The van der Waals surface area contributed by atoms with Crippen molar-refractivity contribution in [3.05, 3.63) is 23.3 Å². The minimum absolute atomic E-state index is 0.00466. The van der Waals surface area contributed by atoms with Crippen molar-refractivity contribution in [2.45, 2.75) is 32.6 Å². The second-order valence-electron chi connectivity index (χ2n) is 5.60. The number of hydrogen-bond donors (Lipinski definition) is 0. The van der Waals surface area contributed by atoms with Gasteiger partial charge in [0.1, 0.15) is 11.5 Å². The Morgan fingerprint density at radius 1 is 1.17 bits per heavy atom. The molecule has 3 heteroatoms. The lowest BCUT2D eigenvalue weighted by atomic mass is 9.88. The van der Waals surface area contributed by atoms with Crippen LogP contribution in [0.2, 0.25) is 0 Å². The largest absolute Gasteiger partial charge is 0.496 e. The fourth-order valence-electron chi connectivity index (χ4n) is 2.71. The van der Waals surface area contributed by atoms with E-state index < -0.39 is 5.41 Å². The molecular weight excluding hydrogens is 226 g/mol. The first kappa shape index (κ1) is 12.8. The van der Waals surface area contributed by atoms with Gasteiger partial charge in [-0.25, -0.2) is 0 Å². The van der Waals surface area contributed by atoms with Crippen LogP contribution in [0.15, 0.2) is 12.1 Å². The number of ether oxygens (including phenoxy) is 2. The fraction of sp³-hybridized carbons (Fsp3) is 0.533. The Kier molecular flexibility index (Phi) is 2.77. The summed E-state index contributed by atoms with van der Waals surface area (Å²) in [5, 5.41) is 9.55. The number of aryl methyl sites for hydroxylation is 1.